The van der Waals surface area contributed by atoms with Crippen LogP contribution in [0.15, 0.2) is 17.4 Å². The number of hydrogen-bond acceptors (Lipinski definition) is 1. The largest absolute Gasteiger partial charge is 0.385 e. The molecule has 0 aliphatic heterocycles. The first-order valence-corrected chi connectivity index (χ1v) is 4.30. The van der Waals surface area contributed by atoms with Gasteiger partial charge in [0.25, 0.3) is 0 Å². The van der Waals surface area contributed by atoms with Crippen LogP contribution < -0.4 is 0 Å². The molecule has 1 nitrogen and oxygen atoms in total. The lowest BCUT2D eigenvalue weighted by molar-refractivity contribution is 0.00377. The maximum Gasteiger partial charge on any atom is 0.0920 e. The van der Waals surface area contributed by atoms with Crippen LogP contribution in [0.5, 0.6) is 0 Å². The van der Waals surface area contributed by atoms with Gasteiger partial charge in [-0.05, 0) is 37.8 Å². The highest BCUT2D eigenvalue weighted by Gasteiger charge is 2.32. The zero-order valence-electron chi connectivity index (χ0n) is 9.02. The van der Waals surface area contributed by atoms with Crippen molar-refractivity contribution in [2.24, 2.45) is 5.41 Å². The molecule has 1 N–H and O–H groups in total. The van der Waals surface area contributed by atoms with Gasteiger partial charge >= 0.3 is 0 Å². The topological polar surface area (TPSA) is 20.2 Å². The molecule has 1 heteroatoms. The lowest BCUT2D eigenvalue weighted by Gasteiger charge is -2.33. The normalized spacial score (nSPS) is 16.2. The van der Waals surface area contributed by atoms with Crippen molar-refractivity contribution in [1.82, 2.24) is 0 Å². The molecule has 0 aliphatic rings. The first kappa shape index (κ1) is 11.5. The Morgan fingerprint density at radius 3 is 1.83 bits per heavy atom. The summed E-state index contributed by atoms with van der Waals surface area (Å²) in [4.78, 5) is 0. The molecule has 0 saturated heterocycles. The lowest BCUT2D eigenvalue weighted by atomic mass is 9.78. The summed E-state index contributed by atoms with van der Waals surface area (Å²) in [5.41, 5.74) is 3.19. The van der Waals surface area contributed by atoms with Crippen LogP contribution in [0.1, 0.15) is 41.5 Å². The van der Waals surface area contributed by atoms with Crippen LogP contribution in [-0.4, -0.2) is 10.7 Å². The summed E-state index contributed by atoms with van der Waals surface area (Å²) < 4.78 is 0. The maximum atomic E-state index is 9.97. The minimum atomic E-state index is -0.787. The molecule has 70 valence electrons. The molecule has 1 atom stereocenters. The Labute approximate surface area is 75.8 Å². The van der Waals surface area contributed by atoms with Crippen molar-refractivity contribution in [2.45, 2.75) is 47.1 Å². The van der Waals surface area contributed by atoms with Gasteiger partial charge in [0.05, 0.1) is 5.60 Å². The molecule has 0 saturated carbocycles. The van der Waals surface area contributed by atoms with Gasteiger partial charge in [-0.2, -0.15) is 0 Å². The van der Waals surface area contributed by atoms with Gasteiger partial charge in [0, 0.05) is 0 Å². The standard InChI is InChI=1S/C11H20O/c1-9(2)7-8-11(6,12)10(3,4)5/h8,12H,1-6H3. The highest BCUT2D eigenvalue weighted by atomic mass is 16.3. The summed E-state index contributed by atoms with van der Waals surface area (Å²) >= 11 is 0. The first-order chi connectivity index (χ1) is 5.17. The van der Waals surface area contributed by atoms with Crippen molar-refractivity contribution in [3.8, 4) is 0 Å². The number of hydrogen-bond donors (Lipinski definition) is 1. The minimum Gasteiger partial charge on any atom is -0.385 e. The Balaban J connectivity index is 4.78. The average molecular weight is 168 g/mol. The summed E-state index contributed by atoms with van der Waals surface area (Å²) in [5, 5.41) is 9.97. The zero-order chi connectivity index (χ0) is 9.99. The summed E-state index contributed by atoms with van der Waals surface area (Å²) in [6.07, 6.45) is 1.74. The molecule has 0 radical (unpaired) electrons. The molecule has 0 heterocycles. The van der Waals surface area contributed by atoms with E-state index in [-0.39, 0.29) is 5.41 Å². The van der Waals surface area contributed by atoms with Gasteiger partial charge in [0.1, 0.15) is 0 Å². The second-order valence-electron chi connectivity index (χ2n) is 4.69. The third-order valence-electron chi connectivity index (χ3n) is 2.16. The van der Waals surface area contributed by atoms with E-state index in [1.807, 2.05) is 41.5 Å². The van der Waals surface area contributed by atoms with Crippen LogP contribution in [0.4, 0.5) is 0 Å². The van der Waals surface area contributed by atoms with Gasteiger partial charge in [-0.15, -0.1) is 5.73 Å². The molecule has 0 aromatic rings. The van der Waals surface area contributed by atoms with E-state index in [9.17, 15) is 5.11 Å². The number of aliphatic hydroxyl groups is 1. The van der Waals surface area contributed by atoms with Gasteiger partial charge in [0.15, 0.2) is 0 Å². The van der Waals surface area contributed by atoms with E-state index < -0.39 is 5.60 Å². The fraction of sp³-hybridized carbons (Fsp3) is 0.727. The quantitative estimate of drug-likeness (QED) is 0.597. The van der Waals surface area contributed by atoms with Crippen LogP contribution in [0.3, 0.4) is 0 Å². The summed E-state index contributed by atoms with van der Waals surface area (Å²) in [7, 11) is 0. The van der Waals surface area contributed by atoms with Gasteiger partial charge in [0.2, 0.25) is 0 Å². The molecule has 0 rings (SSSR count). The number of rotatable bonds is 1. The van der Waals surface area contributed by atoms with Gasteiger partial charge in [-0.1, -0.05) is 20.8 Å². The summed E-state index contributed by atoms with van der Waals surface area (Å²) in [6.45, 7) is 11.8. The fourth-order valence-electron chi connectivity index (χ4n) is 0.501. The summed E-state index contributed by atoms with van der Waals surface area (Å²) in [5.74, 6) is 0. The van der Waals surface area contributed by atoms with Crippen LogP contribution >= 0.6 is 0 Å². The Hall–Kier alpha value is -0.520. The second kappa shape index (κ2) is 3.47. The molecular weight excluding hydrogens is 148 g/mol. The van der Waals surface area contributed by atoms with Gasteiger partial charge < -0.3 is 5.11 Å². The molecule has 0 aromatic heterocycles. The van der Waals surface area contributed by atoms with E-state index in [0.717, 1.165) is 5.57 Å². The lowest BCUT2D eigenvalue weighted by Crippen LogP contribution is -2.37. The predicted molar refractivity (Wildman–Crippen MR) is 53.0 cm³/mol. The fourth-order valence-corrected chi connectivity index (χ4v) is 0.501. The van der Waals surface area contributed by atoms with E-state index in [0.29, 0.717) is 0 Å². The average Bonchev–Trinajstić information content (AvgIpc) is 1.81. The van der Waals surface area contributed by atoms with E-state index in [1.54, 1.807) is 6.08 Å². The smallest absolute Gasteiger partial charge is 0.0920 e. The van der Waals surface area contributed by atoms with Crippen LogP contribution in [-0.2, 0) is 0 Å². The second-order valence-corrected chi connectivity index (χ2v) is 4.69. The molecule has 0 fully saturated rings. The molecule has 0 spiro atoms. The monoisotopic (exact) mass is 168 g/mol. The van der Waals surface area contributed by atoms with Crippen molar-refractivity contribution in [2.75, 3.05) is 0 Å². The van der Waals surface area contributed by atoms with Crippen LogP contribution in [0.2, 0.25) is 0 Å². The Kier molecular flexibility index (Phi) is 3.32. The van der Waals surface area contributed by atoms with Crippen molar-refractivity contribution >= 4 is 0 Å². The van der Waals surface area contributed by atoms with E-state index in [4.69, 9.17) is 0 Å². The molecule has 12 heavy (non-hydrogen) atoms. The third-order valence-corrected chi connectivity index (χ3v) is 2.16. The minimum absolute atomic E-state index is 0.143. The molecular formula is C11H20O. The highest BCUT2D eigenvalue weighted by Crippen LogP contribution is 2.30. The van der Waals surface area contributed by atoms with E-state index in [2.05, 4.69) is 5.73 Å². The SMILES string of the molecule is CC(C)=C=CC(C)(O)C(C)(C)C. The molecule has 0 aliphatic carbocycles. The van der Waals surface area contributed by atoms with Crippen molar-refractivity contribution in [1.29, 1.82) is 0 Å². The predicted octanol–water partition coefficient (Wildman–Crippen LogP) is 2.90. The highest BCUT2D eigenvalue weighted by molar-refractivity contribution is 5.07. The molecule has 0 aromatic carbocycles. The zero-order valence-corrected chi connectivity index (χ0v) is 9.02. The maximum absolute atomic E-state index is 9.97. The Bertz CT molecular complexity index is 206. The van der Waals surface area contributed by atoms with Crippen molar-refractivity contribution in [3.63, 3.8) is 0 Å². The van der Waals surface area contributed by atoms with Crippen LogP contribution in [0.25, 0.3) is 0 Å². The van der Waals surface area contributed by atoms with Crippen molar-refractivity contribution in [3.05, 3.63) is 17.4 Å². The van der Waals surface area contributed by atoms with E-state index in [1.165, 1.54) is 0 Å². The first-order valence-electron chi connectivity index (χ1n) is 4.30. The molecule has 0 amide bonds. The Morgan fingerprint density at radius 2 is 1.58 bits per heavy atom. The van der Waals surface area contributed by atoms with Crippen molar-refractivity contribution < 1.29 is 5.11 Å². The van der Waals surface area contributed by atoms with Crippen LogP contribution in [0, 0.1) is 5.41 Å². The van der Waals surface area contributed by atoms with E-state index >= 15 is 0 Å². The summed E-state index contributed by atoms with van der Waals surface area (Å²) in [6, 6.07) is 0. The molecule has 1 unspecified atom stereocenters. The van der Waals surface area contributed by atoms with Gasteiger partial charge in [-0.3, -0.25) is 0 Å². The Morgan fingerprint density at radius 1 is 1.17 bits per heavy atom. The molecule has 0 bridgehead atoms. The van der Waals surface area contributed by atoms with Gasteiger partial charge in [-0.25, -0.2) is 0 Å². The third kappa shape index (κ3) is 3.25.